The molecule has 0 N–H and O–H groups in total. The summed E-state index contributed by atoms with van der Waals surface area (Å²) < 4.78 is 46.9. The smallest absolute Gasteiger partial charge is 0.458 e. The van der Waals surface area contributed by atoms with E-state index in [2.05, 4.69) is 0 Å². The summed E-state index contributed by atoms with van der Waals surface area (Å²) in [6.45, 7) is 10.4. The molecule has 1 fully saturated rings. The Labute approximate surface area is 225 Å². The molecule has 39 heavy (non-hydrogen) atoms. The van der Waals surface area contributed by atoms with Crippen molar-refractivity contribution in [3.05, 3.63) is 32.6 Å². The van der Waals surface area contributed by atoms with Crippen LogP contribution in [0.4, 0.5) is 14.0 Å². The van der Waals surface area contributed by atoms with E-state index in [0.717, 1.165) is 16.1 Å². The number of hydrogen-bond acceptors (Lipinski definition) is 11. The highest BCUT2D eigenvalue weighted by Crippen LogP contribution is 2.31. The highest BCUT2D eigenvalue weighted by Gasteiger charge is 2.41. The van der Waals surface area contributed by atoms with Crippen LogP contribution in [0.15, 0.2) is 15.8 Å². The molecule has 1 aromatic heterocycles. The molecule has 4 atom stereocenters. The van der Waals surface area contributed by atoms with E-state index in [4.69, 9.17) is 28.4 Å². The number of esters is 1. The SMILES string of the molecule is CC(=O)OC(C[18F])Cn1c(=O)c(C)cn(C2C[C@H](OC(=O)OC(C)(C)C)[C@@H](COC(=O)OC(C)(C)C)O2)c1=O. The fourth-order valence-electron chi connectivity index (χ4n) is 3.65. The molecule has 0 saturated carbocycles. The Bertz CT molecular complexity index is 1160. The van der Waals surface area contributed by atoms with E-state index in [1.807, 2.05) is 0 Å². The van der Waals surface area contributed by atoms with Crippen molar-refractivity contribution in [2.45, 2.75) is 104 Å². The summed E-state index contributed by atoms with van der Waals surface area (Å²) in [6, 6.07) is 0. The van der Waals surface area contributed by atoms with Crippen LogP contribution in [-0.2, 0) is 39.8 Å². The van der Waals surface area contributed by atoms with Gasteiger partial charge >= 0.3 is 24.0 Å². The Hall–Kier alpha value is -3.42. The Balaban J connectivity index is 2.35. The van der Waals surface area contributed by atoms with Crippen molar-refractivity contribution in [2.24, 2.45) is 0 Å². The van der Waals surface area contributed by atoms with Crippen LogP contribution >= 0.6 is 0 Å². The lowest BCUT2D eigenvalue weighted by molar-refractivity contribution is -0.147. The van der Waals surface area contributed by atoms with Crippen LogP contribution in [0.25, 0.3) is 0 Å². The van der Waals surface area contributed by atoms with Crippen molar-refractivity contribution < 1.29 is 47.2 Å². The van der Waals surface area contributed by atoms with Crippen LogP contribution in [-0.4, -0.2) is 70.2 Å². The topological polar surface area (TPSA) is 151 Å². The number of carbonyl (C=O) groups is 3. The largest absolute Gasteiger partial charge is 0.509 e. The average Bonchev–Trinajstić information content (AvgIpc) is 3.16. The molecule has 2 unspecified atom stereocenters. The molecule has 0 spiro atoms. The van der Waals surface area contributed by atoms with Crippen molar-refractivity contribution >= 4 is 18.3 Å². The molecule has 0 amide bonds. The number of carbonyl (C=O) groups excluding carboxylic acids is 3. The normalized spacial score (nSPS) is 20.2. The minimum absolute atomic E-state index is 0.0738. The summed E-state index contributed by atoms with van der Waals surface area (Å²) in [7, 11) is 0. The Morgan fingerprint density at radius 2 is 1.67 bits per heavy atom. The number of alkyl halides is 1. The molecule has 220 valence electrons. The number of rotatable bonds is 8. The van der Waals surface area contributed by atoms with Crippen LogP contribution in [0.1, 0.15) is 66.7 Å². The van der Waals surface area contributed by atoms with Crippen molar-refractivity contribution in [1.29, 1.82) is 0 Å². The molecule has 1 aliphatic heterocycles. The van der Waals surface area contributed by atoms with Gasteiger partial charge in [-0.2, -0.15) is 0 Å². The number of halogens is 1. The molecular formula is C25H37FN2O11. The quantitative estimate of drug-likeness (QED) is 0.342. The second-order valence-electron chi connectivity index (χ2n) is 11.1. The van der Waals surface area contributed by atoms with Crippen LogP contribution in [0.5, 0.6) is 0 Å². The third kappa shape index (κ3) is 9.68. The first-order valence-electron chi connectivity index (χ1n) is 12.4. The van der Waals surface area contributed by atoms with Gasteiger partial charge in [0.25, 0.3) is 5.56 Å². The second-order valence-corrected chi connectivity index (χ2v) is 11.1. The van der Waals surface area contributed by atoms with Gasteiger partial charge in [0, 0.05) is 25.1 Å². The summed E-state index contributed by atoms with van der Waals surface area (Å²) in [5.74, 6) is -0.771. The lowest BCUT2D eigenvalue weighted by Gasteiger charge is -2.23. The maximum atomic E-state index is 13.4. The van der Waals surface area contributed by atoms with Gasteiger partial charge in [0.05, 0.1) is 6.54 Å². The maximum absolute atomic E-state index is 13.4. The van der Waals surface area contributed by atoms with Gasteiger partial charge in [-0.15, -0.1) is 0 Å². The molecule has 0 bridgehead atoms. The zero-order valence-corrected chi connectivity index (χ0v) is 23.5. The molecule has 0 radical (unpaired) electrons. The van der Waals surface area contributed by atoms with E-state index in [1.54, 1.807) is 41.5 Å². The van der Waals surface area contributed by atoms with Crippen LogP contribution in [0, 0.1) is 6.92 Å². The number of aromatic nitrogens is 2. The minimum Gasteiger partial charge on any atom is -0.458 e. The molecule has 1 saturated heterocycles. The standard InChI is InChI=1S/C25H37FN2O11/c1-14-11-27(21(31)28(20(14)30)12-16(10-26)35-15(2)29)19-9-17(37-23(33)39-25(6,7)8)18(36-19)13-34-22(32)38-24(3,4)5/h11,16-19H,9-10,12-13H2,1-8H3/t16?,17-,18+,19?/m0/s1/i26-1. The summed E-state index contributed by atoms with van der Waals surface area (Å²) in [5.41, 5.74) is -3.12. The number of ether oxygens (including phenoxy) is 6. The van der Waals surface area contributed by atoms with Crippen molar-refractivity contribution in [3.8, 4) is 0 Å². The lowest BCUT2D eigenvalue weighted by atomic mass is 10.2. The zero-order chi connectivity index (χ0) is 29.7. The molecular weight excluding hydrogens is 522 g/mol. The monoisotopic (exact) mass is 559 g/mol. The van der Waals surface area contributed by atoms with Gasteiger partial charge in [-0.1, -0.05) is 0 Å². The maximum Gasteiger partial charge on any atom is 0.509 e. The Morgan fingerprint density at radius 3 is 2.21 bits per heavy atom. The first-order chi connectivity index (χ1) is 17.9. The molecule has 0 aliphatic carbocycles. The lowest BCUT2D eigenvalue weighted by Crippen LogP contribution is -2.45. The van der Waals surface area contributed by atoms with Gasteiger partial charge in [0.2, 0.25) is 0 Å². The summed E-state index contributed by atoms with van der Waals surface area (Å²) in [6.07, 6.45) is -5.26. The minimum atomic E-state index is -1.36. The molecule has 0 aromatic carbocycles. The van der Waals surface area contributed by atoms with Crippen molar-refractivity contribution in [1.82, 2.24) is 9.13 Å². The number of aryl methyl sites for hydroxylation is 1. The molecule has 2 rings (SSSR count). The average molecular weight is 560 g/mol. The summed E-state index contributed by atoms with van der Waals surface area (Å²) in [4.78, 5) is 61.7. The van der Waals surface area contributed by atoms with Gasteiger partial charge in [0.1, 0.15) is 49.0 Å². The highest BCUT2D eigenvalue weighted by atomic mass is 18.2. The number of hydrogen-bond donors (Lipinski definition) is 0. The Morgan fingerprint density at radius 1 is 1.08 bits per heavy atom. The molecule has 14 heteroatoms. The van der Waals surface area contributed by atoms with Crippen LogP contribution in [0.3, 0.4) is 0 Å². The molecule has 13 nitrogen and oxygen atoms in total. The second kappa shape index (κ2) is 12.6. The fourth-order valence-corrected chi connectivity index (χ4v) is 3.65. The molecule has 2 heterocycles. The fraction of sp³-hybridized carbons (Fsp3) is 0.720. The zero-order valence-electron chi connectivity index (χ0n) is 23.5. The third-order valence-corrected chi connectivity index (χ3v) is 5.14. The summed E-state index contributed by atoms with van der Waals surface area (Å²) in [5, 5.41) is 0. The first kappa shape index (κ1) is 31.8. The molecule has 1 aromatic rings. The van der Waals surface area contributed by atoms with E-state index in [1.165, 1.54) is 13.1 Å². The number of nitrogens with zero attached hydrogens (tertiary/aromatic N) is 2. The highest BCUT2D eigenvalue weighted by molar-refractivity contribution is 5.66. The van der Waals surface area contributed by atoms with E-state index >= 15 is 0 Å². The van der Waals surface area contributed by atoms with Gasteiger partial charge in [-0.25, -0.2) is 18.8 Å². The van der Waals surface area contributed by atoms with Crippen molar-refractivity contribution in [3.63, 3.8) is 0 Å². The van der Waals surface area contributed by atoms with E-state index < -0.39 is 78.5 Å². The van der Waals surface area contributed by atoms with Crippen LogP contribution < -0.4 is 11.2 Å². The molecule has 1 aliphatic rings. The predicted molar refractivity (Wildman–Crippen MR) is 133 cm³/mol. The summed E-state index contributed by atoms with van der Waals surface area (Å²) >= 11 is 0. The van der Waals surface area contributed by atoms with E-state index in [0.29, 0.717) is 0 Å². The third-order valence-electron chi connectivity index (χ3n) is 5.14. The van der Waals surface area contributed by atoms with Gasteiger partial charge < -0.3 is 28.4 Å². The van der Waals surface area contributed by atoms with E-state index in [-0.39, 0.29) is 18.6 Å². The van der Waals surface area contributed by atoms with Gasteiger partial charge in [0.15, 0.2) is 0 Å². The van der Waals surface area contributed by atoms with Crippen LogP contribution in [0.2, 0.25) is 0 Å². The Kier molecular flexibility index (Phi) is 10.3. The van der Waals surface area contributed by atoms with Crippen molar-refractivity contribution in [2.75, 3.05) is 13.3 Å². The predicted octanol–water partition coefficient (Wildman–Crippen LogP) is 2.78. The van der Waals surface area contributed by atoms with E-state index in [9.17, 15) is 28.4 Å². The first-order valence-corrected chi connectivity index (χ1v) is 12.4. The van der Waals surface area contributed by atoms with Gasteiger partial charge in [-0.3, -0.25) is 18.7 Å². The van der Waals surface area contributed by atoms with Gasteiger partial charge in [-0.05, 0) is 48.5 Å².